The standard InChI is InChI=1S/C51H58BrF2N10O5P/c1-3-31-24-41(58-51-56-28-37(52)48(60-51)57-42-29-55-40-9-5-4-8-35(40)47(42)70(68)22-6-7-23-70)44(69-2)27-43(31)62-16-13-33(14-17-62)61-18-20-63(21-19-61)50(67)32-12-15-64(30-32)34-25-38(53)46(39(54)26-34)36-10-11-45(65)59-49(36)66/h4-5,8-9,24-29,32-33,36H,3,6-7,10-23,30H2,1-2H3,(H,59,65,66)(H2,56,57,58,60)/t32-,36?/m1/s1. The summed E-state index contributed by atoms with van der Waals surface area (Å²) < 4.78 is 51.6. The molecule has 19 heteroatoms. The van der Waals surface area contributed by atoms with Gasteiger partial charge in [0.05, 0.1) is 46.5 Å². The maximum absolute atomic E-state index is 15.3. The number of para-hydroxylation sites is 1. The van der Waals surface area contributed by atoms with Gasteiger partial charge in [0.15, 0.2) is 0 Å². The average molecular weight is 1040 g/mol. The highest BCUT2D eigenvalue weighted by atomic mass is 79.9. The smallest absolute Gasteiger partial charge is 0.234 e. The number of rotatable bonds is 12. The molecule has 0 bridgehead atoms. The van der Waals surface area contributed by atoms with Crippen molar-refractivity contribution in [3.63, 3.8) is 0 Å². The number of fused-ring (bicyclic) bond motifs is 1. The molecule has 3 amide bonds. The van der Waals surface area contributed by atoms with Crippen LogP contribution in [-0.2, 0) is 25.4 Å². The first-order valence-electron chi connectivity index (χ1n) is 24.5. The van der Waals surface area contributed by atoms with Crippen LogP contribution < -0.4 is 35.8 Å². The van der Waals surface area contributed by atoms with Crippen molar-refractivity contribution in [3.05, 3.63) is 88.2 Å². The SMILES string of the molecule is CCc1cc(Nc2ncc(Br)c(Nc3cnc4ccccc4c3P3(=O)CCCC3)n2)c(OC)cc1N1CCC(N2CCN(C(=O)[C@@H]3CCN(c4cc(F)c(C5CCC(=O)NC5=O)c(F)c4)C3)CC2)CC1. The molecule has 0 spiro atoms. The summed E-state index contributed by atoms with van der Waals surface area (Å²) in [7, 11) is -0.975. The average Bonchev–Trinajstić information content (AvgIpc) is 4.05. The van der Waals surface area contributed by atoms with Crippen molar-refractivity contribution in [1.82, 2.24) is 30.1 Å². The van der Waals surface area contributed by atoms with E-state index in [1.165, 1.54) is 17.7 Å². The zero-order chi connectivity index (χ0) is 48.7. The number of ether oxygens (including phenoxy) is 1. The Bertz CT molecular complexity index is 2860. The third kappa shape index (κ3) is 9.58. The van der Waals surface area contributed by atoms with Gasteiger partial charge in [-0.1, -0.05) is 25.1 Å². The lowest BCUT2D eigenvalue weighted by molar-refractivity contribution is -0.137. The van der Waals surface area contributed by atoms with Gasteiger partial charge in [0.2, 0.25) is 23.7 Å². The van der Waals surface area contributed by atoms with Gasteiger partial charge in [0.25, 0.3) is 0 Å². The van der Waals surface area contributed by atoms with Gasteiger partial charge >= 0.3 is 0 Å². The second-order valence-corrected chi connectivity index (χ2v) is 23.1. The van der Waals surface area contributed by atoms with Crippen molar-refractivity contribution < 1.29 is 32.5 Å². The second kappa shape index (κ2) is 20.2. The fraction of sp³-hybridized carbons (Fsp3) is 0.451. The van der Waals surface area contributed by atoms with Gasteiger partial charge in [0, 0.05) is 117 Å². The highest BCUT2D eigenvalue weighted by Crippen LogP contribution is 2.54. The molecule has 5 aromatic rings. The number of aryl methyl sites for hydroxylation is 1. The third-order valence-electron chi connectivity index (χ3n) is 15.0. The van der Waals surface area contributed by atoms with Crippen LogP contribution in [0.3, 0.4) is 0 Å². The number of aromatic nitrogens is 3. The fourth-order valence-corrected chi connectivity index (χ4v) is 14.8. The normalized spacial score (nSPS) is 21.1. The van der Waals surface area contributed by atoms with Gasteiger partial charge in [-0.3, -0.25) is 29.6 Å². The van der Waals surface area contributed by atoms with E-state index in [4.69, 9.17) is 14.7 Å². The van der Waals surface area contributed by atoms with E-state index in [0.717, 1.165) is 85.9 Å². The summed E-state index contributed by atoms with van der Waals surface area (Å²) in [5.41, 5.74) is 4.59. The molecular formula is C51H58BrF2N10O5P. The van der Waals surface area contributed by atoms with Gasteiger partial charge in [-0.2, -0.15) is 4.98 Å². The third-order valence-corrected chi connectivity index (χ3v) is 18.9. The zero-order valence-corrected chi connectivity index (χ0v) is 42.0. The molecule has 5 aliphatic heterocycles. The molecule has 2 atom stereocenters. The molecule has 2 aromatic heterocycles. The van der Waals surface area contributed by atoms with E-state index in [0.29, 0.717) is 84.3 Å². The number of hydrogen-bond donors (Lipinski definition) is 3. The lowest BCUT2D eigenvalue weighted by Crippen LogP contribution is -2.55. The number of methoxy groups -OCH3 is 1. The van der Waals surface area contributed by atoms with Crippen LogP contribution in [0, 0.1) is 17.6 Å². The molecule has 15 nitrogen and oxygen atoms in total. The maximum atomic E-state index is 15.3. The largest absolute Gasteiger partial charge is 0.494 e. The van der Waals surface area contributed by atoms with E-state index < -0.39 is 36.5 Å². The molecule has 5 aliphatic rings. The molecular weight excluding hydrogens is 981 g/mol. The summed E-state index contributed by atoms with van der Waals surface area (Å²) in [5.74, 6) is -2.46. The number of imide groups is 1. The molecule has 70 heavy (non-hydrogen) atoms. The number of anilines is 6. The van der Waals surface area contributed by atoms with Gasteiger partial charge in [0.1, 0.15) is 30.3 Å². The molecule has 0 aliphatic carbocycles. The Balaban J connectivity index is 0.744. The predicted octanol–water partition coefficient (Wildman–Crippen LogP) is 8.07. The number of amides is 3. The maximum Gasteiger partial charge on any atom is 0.234 e. The molecule has 0 saturated carbocycles. The quantitative estimate of drug-likeness (QED) is 0.0813. The number of hydrogen-bond acceptors (Lipinski definition) is 13. The second-order valence-electron chi connectivity index (χ2n) is 19.1. The van der Waals surface area contributed by atoms with Crippen molar-refractivity contribution in [2.75, 3.05) is 92.2 Å². The zero-order valence-electron chi connectivity index (χ0n) is 39.5. The highest BCUT2D eigenvalue weighted by Gasteiger charge is 2.38. The predicted molar refractivity (Wildman–Crippen MR) is 272 cm³/mol. The summed E-state index contributed by atoms with van der Waals surface area (Å²) >= 11 is 3.64. The van der Waals surface area contributed by atoms with E-state index in [1.54, 1.807) is 19.5 Å². The highest BCUT2D eigenvalue weighted by molar-refractivity contribution is 9.10. The summed E-state index contributed by atoms with van der Waals surface area (Å²) in [6.45, 7) is 7.61. The minimum atomic E-state index is -2.64. The molecule has 5 saturated heterocycles. The first-order valence-corrected chi connectivity index (χ1v) is 27.4. The summed E-state index contributed by atoms with van der Waals surface area (Å²) in [5, 5.41) is 10.8. The molecule has 3 N–H and O–H groups in total. The van der Waals surface area contributed by atoms with Crippen molar-refractivity contribution >= 4 is 91.5 Å². The summed E-state index contributed by atoms with van der Waals surface area (Å²) in [6.07, 6.45) is 10.2. The van der Waals surface area contributed by atoms with E-state index in [9.17, 15) is 18.9 Å². The number of piperidine rings is 2. The minimum absolute atomic E-state index is 0.0272. The molecule has 7 heterocycles. The van der Waals surface area contributed by atoms with Crippen LogP contribution in [0.5, 0.6) is 5.75 Å². The van der Waals surface area contributed by atoms with Crippen LogP contribution in [0.25, 0.3) is 10.9 Å². The number of nitrogens with zero attached hydrogens (tertiary/aromatic N) is 7. The Morgan fingerprint density at radius 1 is 0.886 bits per heavy atom. The van der Waals surface area contributed by atoms with E-state index in [-0.39, 0.29) is 30.2 Å². The van der Waals surface area contributed by atoms with Crippen molar-refractivity contribution in [2.45, 2.75) is 70.3 Å². The summed E-state index contributed by atoms with van der Waals surface area (Å²) in [6, 6.07) is 15.0. The van der Waals surface area contributed by atoms with E-state index >= 15 is 8.78 Å². The topological polar surface area (TPSA) is 165 Å². The van der Waals surface area contributed by atoms with Crippen LogP contribution >= 0.6 is 23.1 Å². The molecule has 3 aromatic carbocycles. The minimum Gasteiger partial charge on any atom is -0.494 e. The number of halogens is 3. The number of carbonyl (C=O) groups is 3. The number of nitrogens with one attached hydrogen (secondary N) is 3. The fourth-order valence-electron chi connectivity index (χ4n) is 11.2. The number of benzene rings is 3. The number of piperazine rings is 1. The van der Waals surface area contributed by atoms with Crippen LogP contribution in [0.15, 0.2) is 65.4 Å². The molecule has 0 radical (unpaired) electrons. The number of carbonyl (C=O) groups excluding carboxylic acids is 3. The molecule has 368 valence electrons. The van der Waals surface area contributed by atoms with Crippen molar-refractivity contribution in [2.24, 2.45) is 5.92 Å². The Labute approximate surface area is 414 Å². The van der Waals surface area contributed by atoms with Gasteiger partial charge in [-0.15, -0.1) is 0 Å². The Hall–Kier alpha value is -5.71. The number of pyridine rings is 1. The van der Waals surface area contributed by atoms with Crippen molar-refractivity contribution in [3.8, 4) is 5.75 Å². The van der Waals surface area contributed by atoms with Gasteiger partial charge < -0.3 is 34.6 Å². The van der Waals surface area contributed by atoms with Crippen LogP contribution in [0.1, 0.15) is 68.9 Å². The first kappa shape index (κ1) is 47.9. The molecule has 5 fully saturated rings. The van der Waals surface area contributed by atoms with Crippen LogP contribution in [0.4, 0.5) is 43.3 Å². The van der Waals surface area contributed by atoms with E-state index in [1.807, 2.05) is 34.1 Å². The molecule has 10 rings (SSSR count). The lowest BCUT2D eigenvalue weighted by atomic mass is 9.89. The first-order chi connectivity index (χ1) is 33.9. The Morgan fingerprint density at radius 2 is 1.61 bits per heavy atom. The Morgan fingerprint density at radius 3 is 2.33 bits per heavy atom. The molecule has 1 unspecified atom stereocenters. The van der Waals surface area contributed by atoms with Crippen LogP contribution in [-0.4, -0.2) is 120 Å². The van der Waals surface area contributed by atoms with Gasteiger partial charge in [-0.25, -0.2) is 13.8 Å². The van der Waals surface area contributed by atoms with Gasteiger partial charge in [-0.05, 0) is 90.7 Å². The Kier molecular flexibility index (Phi) is 13.8. The van der Waals surface area contributed by atoms with Crippen molar-refractivity contribution in [1.29, 1.82) is 0 Å². The summed E-state index contributed by atoms with van der Waals surface area (Å²) in [4.78, 5) is 60.6. The monoisotopic (exact) mass is 1040 g/mol. The van der Waals surface area contributed by atoms with E-state index in [2.05, 4.69) is 65.7 Å². The van der Waals surface area contributed by atoms with Crippen LogP contribution in [0.2, 0.25) is 0 Å². The lowest BCUT2D eigenvalue weighted by Gasteiger charge is -2.44.